The minimum atomic E-state index is 0. The third-order valence-corrected chi connectivity index (χ3v) is 4.10. The lowest BCUT2D eigenvalue weighted by atomic mass is 10.2. The Balaban J connectivity index is 0.00000300. The maximum atomic E-state index is 5.56. The first-order valence-electron chi connectivity index (χ1n) is 9.44. The summed E-state index contributed by atoms with van der Waals surface area (Å²) in [5.41, 5.74) is 1.80. The van der Waals surface area contributed by atoms with Gasteiger partial charge in [0.25, 0.3) is 0 Å². The average molecular weight is 506 g/mol. The van der Waals surface area contributed by atoms with E-state index >= 15 is 0 Å². The molecule has 29 heavy (non-hydrogen) atoms. The SMILES string of the molecule is CN=C(NCCCCNc1ccccn1)NCc1coc(-c2ccccc2)n1.I. The molecule has 3 N–H and O–H groups in total. The monoisotopic (exact) mass is 506 g/mol. The predicted octanol–water partition coefficient (Wildman–Crippen LogP) is 3.91. The van der Waals surface area contributed by atoms with Crippen molar-refractivity contribution in [1.82, 2.24) is 20.6 Å². The summed E-state index contributed by atoms with van der Waals surface area (Å²) < 4.78 is 5.56. The fourth-order valence-electron chi connectivity index (χ4n) is 2.64. The van der Waals surface area contributed by atoms with E-state index in [1.807, 2.05) is 48.5 Å². The van der Waals surface area contributed by atoms with Gasteiger partial charge in [0.2, 0.25) is 5.89 Å². The number of pyridine rings is 1. The highest BCUT2D eigenvalue weighted by atomic mass is 127. The Labute approximate surface area is 188 Å². The van der Waals surface area contributed by atoms with Crippen LogP contribution in [-0.4, -0.2) is 36.1 Å². The quantitative estimate of drug-likeness (QED) is 0.177. The lowest BCUT2D eigenvalue weighted by Gasteiger charge is -2.11. The molecule has 0 aliphatic carbocycles. The van der Waals surface area contributed by atoms with E-state index in [0.717, 1.165) is 49.0 Å². The van der Waals surface area contributed by atoms with Gasteiger partial charge in [-0.2, -0.15) is 0 Å². The number of rotatable bonds is 9. The summed E-state index contributed by atoms with van der Waals surface area (Å²) in [6, 6.07) is 15.7. The van der Waals surface area contributed by atoms with E-state index in [4.69, 9.17) is 4.42 Å². The molecule has 2 heterocycles. The van der Waals surface area contributed by atoms with Crippen molar-refractivity contribution < 1.29 is 4.42 Å². The average Bonchev–Trinajstić information content (AvgIpc) is 3.23. The maximum Gasteiger partial charge on any atom is 0.226 e. The summed E-state index contributed by atoms with van der Waals surface area (Å²) in [5.74, 6) is 2.29. The highest BCUT2D eigenvalue weighted by molar-refractivity contribution is 14.0. The van der Waals surface area contributed by atoms with E-state index in [1.54, 1.807) is 19.5 Å². The Morgan fingerprint density at radius 1 is 1.00 bits per heavy atom. The molecule has 0 atom stereocenters. The molecule has 2 aromatic heterocycles. The molecule has 1 aromatic carbocycles. The summed E-state index contributed by atoms with van der Waals surface area (Å²) in [6.45, 7) is 2.29. The number of nitrogens with one attached hydrogen (secondary N) is 3. The van der Waals surface area contributed by atoms with Crippen LogP contribution in [0.2, 0.25) is 0 Å². The third-order valence-electron chi connectivity index (χ3n) is 4.10. The number of aliphatic imine (C=N–C) groups is 1. The van der Waals surface area contributed by atoms with Crippen molar-refractivity contribution in [2.45, 2.75) is 19.4 Å². The van der Waals surface area contributed by atoms with Gasteiger partial charge in [-0.25, -0.2) is 9.97 Å². The smallest absolute Gasteiger partial charge is 0.226 e. The number of hydrogen-bond acceptors (Lipinski definition) is 5. The Kier molecular flexibility index (Phi) is 9.98. The van der Waals surface area contributed by atoms with E-state index in [1.165, 1.54) is 0 Å². The zero-order valence-electron chi connectivity index (χ0n) is 16.5. The van der Waals surface area contributed by atoms with Crippen molar-refractivity contribution in [2.24, 2.45) is 4.99 Å². The van der Waals surface area contributed by atoms with Crippen LogP contribution in [-0.2, 0) is 6.54 Å². The fraction of sp³-hybridized carbons (Fsp3) is 0.286. The minimum Gasteiger partial charge on any atom is -0.444 e. The van der Waals surface area contributed by atoms with E-state index in [2.05, 4.69) is 30.9 Å². The molecule has 0 fully saturated rings. The lowest BCUT2D eigenvalue weighted by Crippen LogP contribution is -2.37. The maximum absolute atomic E-state index is 5.56. The van der Waals surface area contributed by atoms with Crippen molar-refractivity contribution in [3.8, 4) is 11.5 Å². The Morgan fingerprint density at radius 3 is 2.55 bits per heavy atom. The highest BCUT2D eigenvalue weighted by Gasteiger charge is 2.06. The molecule has 3 aromatic rings. The molecular formula is C21H27IN6O. The van der Waals surface area contributed by atoms with Crippen molar-refractivity contribution in [2.75, 3.05) is 25.5 Å². The molecular weight excluding hydrogens is 479 g/mol. The topological polar surface area (TPSA) is 87.4 Å². The van der Waals surface area contributed by atoms with Crippen LogP contribution in [0.3, 0.4) is 0 Å². The molecule has 0 amide bonds. The number of anilines is 1. The molecule has 3 rings (SSSR count). The molecule has 0 aliphatic heterocycles. The summed E-state index contributed by atoms with van der Waals surface area (Å²) in [5, 5.41) is 9.88. The molecule has 0 aliphatic rings. The number of aromatic nitrogens is 2. The number of hydrogen-bond donors (Lipinski definition) is 3. The van der Waals surface area contributed by atoms with Crippen molar-refractivity contribution >= 4 is 35.8 Å². The minimum absolute atomic E-state index is 0. The van der Waals surface area contributed by atoms with Crippen LogP contribution in [0.15, 0.2) is 70.4 Å². The number of oxazole rings is 1. The van der Waals surface area contributed by atoms with Crippen LogP contribution in [0.1, 0.15) is 18.5 Å². The van der Waals surface area contributed by atoms with Gasteiger partial charge >= 0.3 is 0 Å². The van der Waals surface area contributed by atoms with Gasteiger partial charge in [-0.3, -0.25) is 4.99 Å². The lowest BCUT2D eigenvalue weighted by molar-refractivity contribution is 0.572. The number of guanidine groups is 1. The summed E-state index contributed by atoms with van der Waals surface area (Å²) in [4.78, 5) is 13.0. The molecule has 154 valence electrons. The highest BCUT2D eigenvalue weighted by Crippen LogP contribution is 2.17. The van der Waals surface area contributed by atoms with Gasteiger partial charge in [0, 0.05) is 31.9 Å². The molecule has 0 bridgehead atoms. The van der Waals surface area contributed by atoms with Gasteiger partial charge in [-0.1, -0.05) is 24.3 Å². The largest absolute Gasteiger partial charge is 0.444 e. The zero-order chi connectivity index (χ0) is 19.4. The van der Waals surface area contributed by atoms with Gasteiger partial charge in [0.15, 0.2) is 5.96 Å². The van der Waals surface area contributed by atoms with Crippen LogP contribution >= 0.6 is 24.0 Å². The molecule has 0 spiro atoms. The van der Waals surface area contributed by atoms with Crippen LogP contribution in [0.4, 0.5) is 5.82 Å². The van der Waals surface area contributed by atoms with Gasteiger partial charge < -0.3 is 20.4 Å². The Hall–Kier alpha value is -2.62. The normalized spacial score (nSPS) is 10.9. The third kappa shape index (κ3) is 7.72. The molecule has 0 saturated carbocycles. The van der Waals surface area contributed by atoms with Crippen LogP contribution in [0.5, 0.6) is 0 Å². The van der Waals surface area contributed by atoms with Crippen molar-refractivity contribution in [1.29, 1.82) is 0 Å². The van der Waals surface area contributed by atoms with Crippen molar-refractivity contribution in [3.05, 3.63) is 66.7 Å². The predicted molar refractivity (Wildman–Crippen MR) is 128 cm³/mol. The second-order valence-electron chi connectivity index (χ2n) is 6.21. The number of benzene rings is 1. The van der Waals surface area contributed by atoms with Gasteiger partial charge in [-0.05, 0) is 37.1 Å². The first-order chi connectivity index (χ1) is 13.8. The molecule has 0 radical (unpaired) electrons. The molecule has 0 saturated heterocycles. The van der Waals surface area contributed by atoms with E-state index < -0.39 is 0 Å². The van der Waals surface area contributed by atoms with Crippen LogP contribution < -0.4 is 16.0 Å². The van der Waals surface area contributed by atoms with E-state index in [-0.39, 0.29) is 24.0 Å². The molecule has 8 heteroatoms. The first-order valence-corrected chi connectivity index (χ1v) is 9.44. The van der Waals surface area contributed by atoms with E-state index in [9.17, 15) is 0 Å². The zero-order valence-corrected chi connectivity index (χ0v) is 18.8. The first kappa shape index (κ1) is 22.7. The van der Waals surface area contributed by atoms with Gasteiger partial charge in [0.1, 0.15) is 12.1 Å². The molecule has 7 nitrogen and oxygen atoms in total. The van der Waals surface area contributed by atoms with Gasteiger partial charge in [0.05, 0.1) is 12.2 Å². The Bertz CT molecular complexity index is 854. The Morgan fingerprint density at radius 2 is 1.79 bits per heavy atom. The van der Waals surface area contributed by atoms with E-state index in [0.29, 0.717) is 12.4 Å². The van der Waals surface area contributed by atoms with Gasteiger partial charge in [-0.15, -0.1) is 24.0 Å². The van der Waals surface area contributed by atoms with Crippen molar-refractivity contribution in [3.63, 3.8) is 0 Å². The summed E-state index contributed by atoms with van der Waals surface area (Å²) >= 11 is 0. The second kappa shape index (κ2) is 12.8. The standard InChI is InChI=1S/C21H26N6O.HI/c1-22-21(25-14-8-7-13-24-19-11-5-6-12-23-19)26-15-18-16-28-20(27-18)17-9-3-2-4-10-17;/h2-6,9-12,16H,7-8,13-15H2,1H3,(H,23,24)(H2,22,25,26);1H. The summed E-state index contributed by atoms with van der Waals surface area (Å²) in [6.07, 6.45) is 5.54. The number of unbranched alkanes of at least 4 members (excludes halogenated alkanes) is 1. The number of nitrogens with zero attached hydrogens (tertiary/aromatic N) is 3. The van der Waals surface area contributed by atoms with Crippen LogP contribution in [0.25, 0.3) is 11.5 Å². The number of halogens is 1. The molecule has 0 unspecified atom stereocenters. The fourth-order valence-corrected chi connectivity index (χ4v) is 2.64. The van der Waals surface area contributed by atoms with Crippen LogP contribution in [0, 0.1) is 0 Å². The summed E-state index contributed by atoms with van der Waals surface area (Å²) in [7, 11) is 1.76. The second-order valence-corrected chi connectivity index (χ2v) is 6.21.